The van der Waals surface area contributed by atoms with Gasteiger partial charge < -0.3 is 10.2 Å². The van der Waals surface area contributed by atoms with Gasteiger partial charge >= 0.3 is 0 Å². The van der Waals surface area contributed by atoms with Crippen LogP contribution in [0.5, 0.6) is 0 Å². The van der Waals surface area contributed by atoms with Crippen molar-refractivity contribution < 1.29 is 14.6 Å². The molecule has 72 valence electrons. The molecule has 0 unspecified atom stereocenters. The molecule has 0 aliphatic rings. The molecule has 0 aliphatic heterocycles. The molecule has 0 heterocycles. The topological polar surface area (TPSA) is 40.5 Å². The second-order valence-corrected chi connectivity index (χ2v) is 3.10. The zero-order valence-electron chi connectivity index (χ0n) is 6.87. The van der Waals surface area contributed by atoms with E-state index in [4.69, 9.17) is 21.8 Å². The van der Waals surface area contributed by atoms with E-state index in [0.29, 0.717) is 0 Å². The van der Waals surface area contributed by atoms with E-state index >= 15 is 0 Å². The normalized spacial score (nSPS) is 10.8. The molecule has 2 nitrogen and oxygen atoms in total. The minimum atomic E-state index is -0.645. The van der Waals surface area contributed by atoms with Crippen LogP contribution in [0.3, 0.4) is 0 Å². The van der Waals surface area contributed by atoms with Gasteiger partial charge in [0.05, 0.1) is 13.2 Å². The Hall–Kier alpha value is -0.640. The van der Waals surface area contributed by atoms with E-state index in [2.05, 4.69) is 0 Å². The fourth-order valence-corrected chi connectivity index (χ4v) is 1.46. The molecule has 4 heteroatoms. The van der Waals surface area contributed by atoms with Crippen LogP contribution in [0.4, 0.5) is 4.39 Å². The molecule has 0 amide bonds. The number of hydrogen-bond donors (Lipinski definition) is 2. The van der Waals surface area contributed by atoms with E-state index < -0.39 is 11.7 Å². The lowest BCUT2D eigenvalue weighted by Crippen LogP contribution is -2.11. The third kappa shape index (κ3) is 2.18. The summed E-state index contributed by atoms with van der Waals surface area (Å²) >= 11 is 5.72. The maximum absolute atomic E-state index is 13.2. The largest absolute Gasteiger partial charge is 0.396 e. The summed E-state index contributed by atoms with van der Waals surface area (Å²) in [6, 6.07) is 4.25. The smallest absolute Gasteiger partial charge is 0.128 e. The zero-order valence-corrected chi connectivity index (χ0v) is 7.63. The van der Waals surface area contributed by atoms with Gasteiger partial charge in [0.25, 0.3) is 0 Å². The van der Waals surface area contributed by atoms with E-state index in [1.165, 1.54) is 18.2 Å². The monoisotopic (exact) mass is 204 g/mol. The van der Waals surface area contributed by atoms with Crippen molar-refractivity contribution in [2.24, 2.45) is 0 Å². The summed E-state index contributed by atoms with van der Waals surface area (Å²) < 4.78 is 13.2. The first-order chi connectivity index (χ1) is 6.20. The van der Waals surface area contributed by atoms with E-state index in [1.807, 2.05) is 0 Å². The molecular formula is C9H10ClFO2. The highest BCUT2D eigenvalue weighted by Crippen LogP contribution is 2.26. The van der Waals surface area contributed by atoms with Crippen molar-refractivity contribution in [3.05, 3.63) is 34.6 Å². The minimum absolute atomic E-state index is 0.175. The van der Waals surface area contributed by atoms with Gasteiger partial charge in [-0.25, -0.2) is 4.39 Å². The van der Waals surface area contributed by atoms with E-state index in [0.717, 1.165) is 0 Å². The molecule has 1 aromatic rings. The number of hydrogen-bond acceptors (Lipinski definition) is 2. The van der Waals surface area contributed by atoms with Crippen LogP contribution in [0.1, 0.15) is 11.5 Å². The Morgan fingerprint density at radius 3 is 2.38 bits per heavy atom. The summed E-state index contributed by atoms with van der Waals surface area (Å²) in [6.45, 7) is -0.645. The van der Waals surface area contributed by atoms with Crippen LogP contribution in [0.2, 0.25) is 5.02 Å². The van der Waals surface area contributed by atoms with Gasteiger partial charge in [-0.2, -0.15) is 0 Å². The average Bonchev–Trinajstić information content (AvgIpc) is 2.11. The lowest BCUT2D eigenvalue weighted by atomic mass is 10.0. The highest BCUT2D eigenvalue weighted by atomic mass is 35.5. The second kappa shape index (κ2) is 4.56. The molecule has 0 aliphatic carbocycles. The predicted molar refractivity (Wildman–Crippen MR) is 48.3 cm³/mol. The van der Waals surface area contributed by atoms with Crippen molar-refractivity contribution in [2.45, 2.75) is 5.92 Å². The first-order valence-electron chi connectivity index (χ1n) is 3.86. The summed E-state index contributed by atoms with van der Waals surface area (Å²) in [6.07, 6.45) is 0. The first kappa shape index (κ1) is 10.4. The van der Waals surface area contributed by atoms with Crippen molar-refractivity contribution in [2.75, 3.05) is 13.2 Å². The van der Waals surface area contributed by atoms with Gasteiger partial charge in [-0.15, -0.1) is 0 Å². The summed E-state index contributed by atoms with van der Waals surface area (Å²) in [7, 11) is 0. The molecule has 1 aromatic carbocycles. The molecule has 0 saturated heterocycles. The molecule has 2 N–H and O–H groups in total. The van der Waals surface area contributed by atoms with Crippen molar-refractivity contribution in [3.8, 4) is 0 Å². The highest BCUT2D eigenvalue weighted by molar-refractivity contribution is 6.31. The van der Waals surface area contributed by atoms with Gasteiger partial charge in [0.1, 0.15) is 5.82 Å². The van der Waals surface area contributed by atoms with Gasteiger partial charge in [-0.1, -0.05) is 17.7 Å². The van der Waals surface area contributed by atoms with E-state index in [-0.39, 0.29) is 23.8 Å². The molecule has 0 atom stereocenters. The molecule has 0 aromatic heterocycles. The fraction of sp³-hybridized carbons (Fsp3) is 0.333. The summed E-state index contributed by atoms with van der Waals surface area (Å²) in [4.78, 5) is 0. The van der Waals surface area contributed by atoms with Crippen molar-refractivity contribution in [3.63, 3.8) is 0 Å². The lowest BCUT2D eigenvalue weighted by molar-refractivity contribution is 0.190. The molecule has 0 bridgehead atoms. The molecule has 0 saturated carbocycles. The Morgan fingerprint density at radius 1 is 1.31 bits per heavy atom. The van der Waals surface area contributed by atoms with Gasteiger partial charge in [-0.3, -0.25) is 0 Å². The number of aliphatic hydroxyl groups excluding tert-OH is 2. The third-order valence-corrected chi connectivity index (χ3v) is 2.18. The second-order valence-electron chi connectivity index (χ2n) is 2.70. The van der Waals surface area contributed by atoms with Crippen LogP contribution < -0.4 is 0 Å². The number of aliphatic hydroxyl groups is 2. The Morgan fingerprint density at radius 2 is 1.92 bits per heavy atom. The number of benzene rings is 1. The van der Waals surface area contributed by atoms with Gasteiger partial charge in [-0.05, 0) is 12.1 Å². The molecule has 0 spiro atoms. The quantitative estimate of drug-likeness (QED) is 0.784. The summed E-state index contributed by atoms with van der Waals surface area (Å²) in [5.41, 5.74) is 0.175. The Bertz CT molecular complexity index is 267. The molecule has 13 heavy (non-hydrogen) atoms. The SMILES string of the molecule is OCC(CO)c1c(F)cccc1Cl. The van der Waals surface area contributed by atoms with Crippen LogP contribution in [0.25, 0.3) is 0 Å². The zero-order chi connectivity index (χ0) is 9.84. The number of rotatable bonds is 3. The predicted octanol–water partition coefficient (Wildman–Crippen LogP) is 1.55. The van der Waals surface area contributed by atoms with Crippen LogP contribution in [-0.2, 0) is 0 Å². The molecular weight excluding hydrogens is 195 g/mol. The van der Waals surface area contributed by atoms with Crippen molar-refractivity contribution in [1.29, 1.82) is 0 Å². The Balaban J connectivity index is 3.10. The van der Waals surface area contributed by atoms with Gasteiger partial charge in [0, 0.05) is 16.5 Å². The van der Waals surface area contributed by atoms with E-state index in [1.54, 1.807) is 0 Å². The van der Waals surface area contributed by atoms with Crippen molar-refractivity contribution >= 4 is 11.6 Å². The third-order valence-electron chi connectivity index (χ3n) is 1.85. The van der Waals surface area contributed by atoms with Crippen LogP contribution >= 0.6 is 11.6 Å². The highest BCUT2D eigenvalue weighted by Gasteiger charge is 2.16. The van der Waals surface area contributed by atoms with Crippen LogP contribution in [-0.4, -0.2) is 23.4 Å². The minimum Gasteiger partial charge on any atom is -0.396 e. The van der Waals surface area contributed by atoms with Crippen molar-refractivity contribution in [1.82, 2.24) is 0 Å². The maximum atomic E-state index is 13.2. The molecule has 1 rings (SSSR count). The van der Waals surface area contributed by atoms with Crippen LogP contribution in [0.15, 0.2) is 18.2 Å². The standard InChI is InChI=1S/C9H10ClFO2/c10-7-2-1-3-8(11)9(7)6(4-12)5-13/h1-3,6,12-13H,4-5H2. The maximum Gasteiger partial charge on any atom is 0.128 e. The molecule has 0 radical (unpaired) electrons. The lowest BCUT2D eigenvalue weighted by Gasteiger charge is -2.13. The van der Waals surface area contributed by atoms with Gasteiger partial charge in [0.15, 0.2) is 0 Å². The van der Waals surface area contributed by atoms with Gasteiger partial charge in [0.2, 0.25) is 0 Å². The number of halogens is 2. The average molecular weight is 205 g/mol. The van der Waals surface area contributed by atoms with E-state index in [9.17, 15) is 4.39 Å². The summed E-state index contributed by atoms with van der Waals surface area (Å²) in [5.74, 6) is -1.14. The Labute approximate surface area is 80.6 Å². The molecule has 0 fully saturated rings. The Kier molecular flexibility index (Phi) is 3.66. The first-order valence-corrected chi connectivity index (χ1v) is 4.24. The van der Waals surface area contributed by atoms with Crippen LogP contribution in [0, 0.1) is 5.82 Å². The summed E-state index contributed by atoms with van der Waals surface area (Å²) in [5, 5.41) is 17.9. The fourth-order valence-electron chi connectivity index (χ4n) is 1.14.